The van der Waals surface area contributed by atoms with Crippen LogP contribution in [0, 0.1) is 23.7 Å². The molecule has 0 fully saturated rings. The predicted molar refractivity (Wildman–Crippen MR) is 172 cm³/mol. The van der Waals surface area contributed by atoms with E-state index in [0.717, 1.165) is 58.5 Å². The maximum Gasteiger partial charge on any atom is 0.126 e. The number of halogens is 1. The summed E-state index contributed by atoms with van der Waals surface area (Å²) in [5.41, 5.74) is 4.14. The Morgan fingerprint density at radius 3 is 2.28 bits per heavy atom. The molecule has 1 atom stereocenters. The summed E-state index contributed by atoms with van der Waals surface area (Å²) in [4.78, 5) is 4.62. The van der Waals surface area contributed by atoms with Crippen LogP contribution in [0.4, 0.5) is 4.39 Å². The Balaban J connectivity index is 0.000000274. The van der Waals surface area contributed by atoms with E-state index in [9.17, 15) is 14.6 Å². The second-order valence-electron chi connectivity index (χ2n) is 11.3. The Kier molecular flexibility index (Phi) is 12.5. The fourth-order valence-corrected chi connectivity index (χ4v) is 5.57. The second kappa shape index (κ2) is 15.6. The van der Waals surface area contributed by atoms with Gasteiger partial charge in [0.15, 0.2) is 0 Å². The number of nitrogens with zero attached hydrogens (tertiary/aromatic N) is 1. The molecule has 5 aromatic rings. The number of fused-ring (bicyclic) bond motifs is 4. The topological polar surface area (TPSA) is 66.5 Å². The first kappa shape index (κ1) is 34.4. The van der Waals surface area contributed by atoms with Gasteiger partial charge in [-0.1, -0.05) is 83.5 Å². The summed E-state index contributed by atoms with van der Waals surface area (Å²) in [5, 5.41) is 23.7. The average molecular weight is 761 g/mol. The Morgan fingerprint density at radius 1 is 0.930 bits per heavy atom. The molecule has 3 aromatic carbocycles. The third-order valence-corrected chi connectivity index (χ3v) is 8.36. The minimum Gasteiger partial charge on any atom is -0.512 e. The Hall–Kier alpha value is -3.05. The van der Waals surface area contributed by atoms with Crippen LogP contribution in [0.15, 0.2) is 77.0 Å². The number of allylic oxidation sites excluding steroid dienone is 1. The summed E-state index contributed by atoms with van der Waals surface area (Å²) in [6.07, 6.45) is 6.70. The van der Waals surface area contributed by atoms with Crippen molar-refractivity contribution in [3.05, 3.63) is 90.1 Å². The third-order valence-electron chi connectivity index (χ3n) is 8.36. The maximum absolute atomic E-state index is 13.6. The first-order valence-corrected chi connectivity index (χ1v) is 15.2. The molecular formula is C37H43FIrNO3-. The van der Waals surface area contributed by atoms with Crippen molar-refractivity contribution in [2.75, 3.05) is 0 Å². The van der Waals surface area contributed by atoms with Crippen molar-refractivity contribution >= 4 is 32.7 Å². The average Bonchev–Trinajstić information content (AvgIpc) is 3.36. The number of benzene rings is 3. The van der Waals surface area contributed by atoms with E-state index in [4.69, 9.17) is 4.42 Å². The zero-order chi connectivity index (χ0) is 30.4. The van der Waals surface area contributed by atoms with Gasteiger partial charge in [-0.15, -0.1) is 18.2 Å². The van der Waals surface area contributed by atoms with Crippen molar-refractivity contribution in [1.82, 2.24) is 4.98 Å². The summed E-state index contributed by atoms with van der Waals surface area (Å²) in [7, 11) is 0. The molecule has 5 rings (SSSR count). The van der Waals surface area contributed by atoms with Gasteiger partial charge >= 0.3 is 0 Å². The van der Waals surface area contributed by atoms with Crippen molar-refractivity contribution in [2.45, 2.75) is 79.2 Å². The molecule has 1 radical (unpaired) electrons. The van der Waals surface area contributed by atoms with Gasteiger partial charge < -0.3 is 19.6 Å². The minimum atomic E-state index is -0.499. The molecule has 0 aliphatic rings. The van der Waals surface area contributed by atoms with Gasteiger partial charge in [-0.3, -0.25) is 0 Å². The molecule has 0 aliphatic carbocycles. The molecule has 1 unspecified atom stereocenters. The van der Waals surface area contributed by atoms with Gasteiger partial charge in [-0.25, -0.2) is 4.39 Å². The van der Waals surface area contributed by atoms with Crippen LogP contribution in [0.2, 0.25) is 0 Å². The monoisotopic (exact) mass is 761 g/mol. The van der Waals surface area contributed by atoms with Crippen molar-refractivity contribution < 1.29 is 39.1 Å². The molecule has 2 aromatic heterocycles. The summed E-state index contributed by atoms with van der Waals surface area (Å²) in [6.45, 7) is 12.6. The largest absolute Gasteiger partial charge is 0.512 e. The van der Waals surface area contributed by atoms with Crippen LogP contribution in [0.3, 0.4) is 0 Å². The van der Waals surface area contributed by atoms with Gasteiger partial charge in [-0.2, -0.15) is 0 Å². The summed E-state index contributed by atoms with van der Waals surface area (Å²) in [5.74, 6) is 0.984. The number of aromatic nitrogens is 1. The zero-order valence-corrected chi connectivity index (χ0v) is 28.3. The zero-order valence-electron chi connectivity index (χ0n) is 25.9. The molecule has 0 aliphatic heterocycles. The fraction of sp³-hybridized carbons (Fsp3) is 0.378. The smallest absolute Gasteiger partial charge is 0.126 e. The van der Waals surface area contributed by atoms with Crippen LogP contribution in [-0.4, -0.2) is 21.3 Å². The number of hydrogen-bond acceptors (Lipinski definition) is 4. The number of hydrogen-bond donors (Lipinski definition) is 2. The summed E-state index contributed by atoms with van der Waals surface area (Å²) >= 11 is 0. The second-order valence-corrected chi connectivity index (χ2v) is 11.3. The molecule has 6 heteroatoms. The van der Waals surface area contributed by atoms with Gasteiger partial charge in [0, 0.05) is 43.7 Å². The number of aliphatic hydroxyl groups excluding tert-OH is 2. The van der Waals surface area contributed by atoms with Crippen LogP contribution < -0.4 is 0 Å². The number of furan rings is 1. The molecule has 4 nitrogen and oxygen atoms in total. The van der Waals surface area contributed by atoms with E-state index in [0.29, 0.717) is 22.8 Å². The van der Waals surface area contributed by atoms with Gasteiger partial charge in [0.1, 0.15) is 11.4 Å². The first-order chi connectivity index (χ1) is 20.2. The number of rotatable bonds is 9. The Morgan fingerprint density at radius 2 is 1.63 bits per heavy atom. The van der Waals surface area contributed by atoms with E-state index in [1.54, 1.807) is 12.1 Å². The minimum absolute atomic E-state index is 0. The normalized spacial score (nSPS) is 12.7. The molecule has 2 N–H and O–H groups in total. The number of aliphatic hydroxyl groups is 2. The van der Waals surface area contributed by atoms with Gasteiger partial charge in [0.05, 0.1) is 17.4 Å². The van der Waals surface area contributed by atoms with Crippen LogP contribution >= 0.6 is 0 Å². The Bertz CT molecular complexity index is 1670. The van der Waals surface area contributed by atoms with Gasteiger partial charge in [0.25, 0.3) is 0 Å². The fourth-order valence-electron chi connectivity index (χ4n) is 5.57. The van der Waals surface area contributed by atoms with Crippen molar-refractivity contribution in [3.8, 4) is 11.3 Å². The van der Waals surface area contributed by atoms with Crippen LogP contribution in [0.25, 0.3) is 44.0 Å². The molecule has 0 spiro atoms. The number of pyridine rings is 1. The molecular weight excluding hydrogens is 718 g/mol. The van der Waals surface area contributed by atoms with E-state index in [1.165, 1.54) is 17.7 Å². The third kappa shape index (κ3) is 7.73. The molecule has 0 saturated carbocycles. The standard InChI is InChI=1S/C24H17FNO.C13H26O2.Ir/c1-14(2)15-6-8-18-16(12-15)10-11-26-23(18)21-5-3-4-20-19-9-7-17(25)13-22(19)27-24(20)21;1-5-10(6-2)12(14)9-13(15)11(7-3)8-4;/h3-4,6-14H,1-2H3;9-12,14-15H,5-8H2,1-4H3;/q-1;;/b;13-9-;. The maximum atomic E-state index is 13.6. The van der Waals surface area contributed by atoms with Crippen LogP contribution in [-0.2, 0) is 20.1 Å². The van der Waals surface area contributed by atoms with Crippen LogP contribution in [0.1, 0.15) is 78.7 Å². The van der Waals surface area contributed by atoms with Gasteiger partial charge in [-0.05, 0) is 71.0 Å². The molecule has 0 amide bonds. The van der Waals surface area contributed by atoms with Gasteiger partial charge in [0.2, 0.25) is 0 Å². The quantitative estimate of drug-likeness (QED) is 0.116. The molecule has 43 heavy (non-hydrogen) atoms. The van der Waals surface area contributed by atoms with Crippen molar-refractivity contribution in [2.24, 2.45) is 11.8 Å². The van der Waals surface area contributed by atoms with Crippen molar-refractivity contribution in [1.29, 1.82) is 0 Å². The van der Waals surface area contributed by atoms with E-state index in [2.05, 4.69) is 70.8 Å². The molecule has 231 valence electrons. The molecule has 2 heterocycles. The molecule has 0 bridgehead atoms. The van der Waals surface area contributed by atoms with E-state index >= 15 is 0 Å². The van der Waals surface area contributed by atoms with Crippen LogP contribution in [0.5, 0.6) is 0 Å². The summed E-state index contributed by atoms with van der Waals surface area (Å²) in [6, 6.07) is 20.2. The first-order valence-electron chi connectivity index (χ1n) is 15.2. The van der Waals surface area contributed by atoms with Crippen molar-refractivity contribution in [3.63, 3.8) is 0 Å². The SMILES string of the molecule is CC(C)c1ccc2c(-c3[c-]ccc4c3oc3cc(F)ccc34)nccc2c1.CCC(CC)/C(O)=C/C(O)C(CC)CC.[Ir]. The molecule has 0 saturated heterocycles. The predicted octanol–water partition coefficient (Wildman–Crippen LogP) is 10.5. The van der Waals surface area contributed by atoms with E-state index < -0.39 is 6.10 Å². The van der Waals surface area contributed by atoms with E-state index in [1.807, 2.05) is 24.4 Å². The summed E-state index contributed by atoms with van der Waals surface area (Å²) < 4.78 is 19.6. The van der Waals surface area contributed by atoms with E-state index in [-0.39, 0.29) is 37.8 Å². The Labute approximate surface area is 268 Å².